The van der Waals surface area contributed by atoms with Crippen LogP contribution in [0.15, 0.2) is 28.8 Å². The van der Waals surface area contributed by atoms with E-state index >= 15 is 0 Å². The monoisotopic (exact) mass is 366 g/mol. The normalized spacial score (nSPS) is 16.6. The van der Waals surface area contributed by atoms with Gasteiger partial charge in [0.05, 0.1) is 22.6 Å². The maximum Gasteiger partial charge on any atom is 0.234 e. The summed E-state index contributed by atoms with van der Waals surface area (Å²) in [5.41, 5.74) is 3.62. The molecular weight excluding hydrogens is 340 g/mol. The molecule has 6 heteroatoms. The maximum atomic E-state index is 13.0. The largest absolute Gasteiger partial charge is 0.361 e. The van der Waals surface area contributed by atoms with Crippen LogP contribution in [0.5, 0.6) is 0 Å². The number of nitrogens with zero attached hydrogens (tertiary/aromatic N) is 3. The number of benzene rings is 1. The first kappa shape index (κ1) is 17.8. The number of aryl methyl sites for hydroxylation is 2. The Morgan fingerprint density at radius 1 is 1.22 bits per heavy atom. The van der Waals surface area contributed by atoms with Crippen molar-refractivity contribution in [2.45, 2.75) is 64.8 Å². The molecule has 1 fully saturated rings. The Bertz CT molecular complexity index is 946. The van der Waals surface area contributed by atoms with Crippen molar-refractivity contribution >= 4 is 22.9 Å². The summed E-state index contributed by atoms with van der Waals surface area (Å²) in [5.74, 6) is 0.898. The van der Waals surface area contributed by atoms with E-state index in [0.717, 1.165) is 35.1 Å². The van der Waals surface area contributed by atoms with E-state index in [1.54, 1.807) is 0 Å². The minimum absolute atomic E-state index is 0.0863. The number of hydrogen-bond donors (Lipinski definition) is 1. The van der Waals surface area contributed by atoms with Gasteiger partial charge in [0.25, 0.3) is 0 Å². The molecule has 1 unspecified atom stereocenters. The van der Waals surface area contributed by atoms with Crippen LogP contribution < -0.4 is 5.32 Å². The number of anilines is 1. The second-order valence-electron chi connectivity index (χ2n) is 7.53. The summed E-state index contributed by atoms with van der Waals surface area (Å²) in [5, 5.41) is 7.06. The lowest BCUT2D eigenvalue weighted by Gasteiger charge is -2.25. The van der Waals surface area contributed by atoms with E-state index in [1.165, 1.54) is 19.3 Å². The molecule has 1 N–H and O–H groups in total. The average Bonchev–Trinajstić information content (AvgIpc) is 3.21. The topological polar surface area (TPSA) is 73.0 Å². The van der Waals surface area contributed by atoms with E-state index in [1.807, 2.05) is 39.0 Å². The van der Waals surface area contributed by atoms with Crippen molar-refractivity contribution in [2.24, 2.45) is 0 Å². The highest BCUT2D eigenvalue weighted by atomic mass is 16.5. The third kappa shape index (κ3) is 3.24. The molecular formula is C21H26N4O2. The van der Waals surface area contributed by atoms with E-state index in [2.05, 4.69) is 21.1 Å². The van der Waals surface area contributed by atoms with E-state index in [4.69, 9.17) is 9.51 Å². The average molecular weight is 366 g/mol. The zero-order valence-electron chi connectivity index (χ0n) is 16.2. The standard InChI is InChI=1S/C21H26N4O2/c1-13(19-14(2)24-27-15(19)3)20(26)23-21-22-17-11-7-8-12-18(17)25(21)16-9-5-4-6-10-16/h7-8,11-13,16H,4-6,9-10H2,1-3H3,(H,22,23,26). The van der Waals surface area contributed by atoms with E-state index in [-0.39, 0.29) is 11.8 Å². The molecule has 27 heavy (non-hydrogen) atoms. The summed E-state index contributed by atoms with van der Waals surface area (Å²) < 4.78 is 7.46. The van der Waals surface area contributed by atoms with Crippen LogP contribution in [0.4, 0.5) is 5.95 Å². The first-order valence-electron chi connectivity index (χ1n) is 9.77. The number of hydrogen-bond acceptors (Lipinski definition) is 4. The summed E-state index contributed by atoms with van der Waals surface area (Å²) in [4.78, 5) is 17.7. The Hall–Kier alpha value is -2.63. The number of nitrogens with one attached hydrogen (secondary N) is 1. The molecule has 2 aromatic heterocycles. The van der Waals surface area contributed by atoms with Crippen molar-refractivity contribution in [3.05, 3.63) is 41.3 Å². The fourth-order valence-electron chi connectivity index (χ4n) is 4.30. The predicted molar refractivity (Wildman–Crippen MR) is 105 cm³/mol. The van der Waals surface area contributed by atoms with Crippen LogP contribution in [0, 0.1) is 13.8 Å². The highest BCUT2D eigenvalue weighted by Crippen LogP contribution is 2.34. The minimum Gasteiger partial charge on any atom is -0.361 e. The van der Waals surface area contributed by atoms with Gasteiger partial charge in [-0.1, -0.05) is 36.6 Å². The molecule has 1 amide bonds. The van der Waals surface area contributed by atoms with Gasteiger partial charge in [-0.05, 0) is 45.7 Å². The van der Waals surface area contributed by atoms with Crippen LogP contribution in [-0.2, 0) is 4.79 Å². The van der Waals surface area contributed by atoms with E-state index in [9.17, 15) is 4.79 Å². The quantitative estimate of drug-likeness (QED) is 0.713. The van der Waals surface area contributed by atoms with Gasteiger partial charge in [0.2, 0.25) is 11.9 Å². The number of carbonyl (C=O) groups is 1. The van der Waals surface area contributed by atoms with Crippen LogP contribution in [-0.4, -0.2) is 20.6 Å². The number of carbonyl (C=O) groups excluding carboxylic acids is 1. The summed E-state index contributed by atoms with van der Waals surface area (Å²) in [6.07, 6.45) is 5.99. The van der Waals surface area contributed by atoms with Gasteiger partial charge in [-0.25, -0.2) is 4.98 Å². The molecule has 6 nitrogen and oxygen atoms in total. The summed E-state index contributed by atoms with van der Waals surface area (Å²) >= 11 is 0. The van der Waals surface area contributed by atoms with Crippen molar-refractivity contribution in [2.75, 3.05) is 5.32 Å². The smallest absolute Gasteiger partial charge is 0.234 e. The Morgan fingerprint density at radius 2 is 1.96 bits per heavy atom. The van der Waals surface area contributed by atoms with Gasteiger partial charge < -0.3 is 9.09 Å². The molecule has 2 heterocycles. The van der Waals surface area contributed by atoms with Crippen LogP contribution >= 0.6 is 0 Å². The first-order valence-corrected chi connectivity index (χ1v) is 9.77. The lowest BCUT2D eigenvalue weighted by molar-refractivity contribution is -0.117. The lowest BCUT2D eigenvalue weighted by Crippen LogP contribution is -2.24. The van der Waals surface area contributed by atoms with Crippen LogP contribution in [0.1, 0.15) is 68.0 Å². The molecule has 0 saturated heterocycles. The number of imidazole rings is 1. The molecule has 0 aliphatic heterocycles. The third-order valence-electron chi connectivity index (χ3n) is 5.69. The zero-order chi connectivity index (χ0) is 19.0. The van der Waals surface area contributed by atoms with Gasteiger partial charge in [-0.3, -0.25) is 10.1 Å². The van der Waals surface area contributed by atoms with Gasteiger partial charge in [0, 0.05) is 11.6 Å². The third-order valence-corrected chi connectivity index (χ3v) is 5.69. The lowest BCUT2D eigenvalue weighted by atomic mass is 9.95. The van der Waals surface area contributed by atoms with Gasteiger partial charge in [0.1, 0.15) is 5.76 Å². The number of amides is 1. The second kappa shape index (κ2) is 7.18. The molecule has 1 saturated carbocycles. The molecule has 3 aromatic rings. The Balaban J connectivity index is 1.68. The van der Waals surface area contributed by atoms with E-state index in [0.29, 0.717) is 17.8 Å². The highest BCUT2D eigenvalue weighted by molar-refractivity contribution is 5.96. The molecule has 142 valence electrons. The first-order chi connectivity index (χ1) is 13.1. The maximum absolute atomic E-state index is 13.0. The fraction of sp³-hybridized carbons (Fsp3) is 0.476. The minimum atomic E-state index is -0.351. The molecule has 0 radical (unpaired) electrons. The van der Waals surface area contributed by atoms with Crippen LogP contribution in [0.25, 0.3) is 11.0 Å². The van der Waals surface area contributed by atoms with Crippen molar-refractivity contribution in [3.63, 3.8) is 0 Å². The van der Waals surface area contributed by atoms with Crippen molar-refractivity contribution in [1.29, 1.82) is 0 Å². The number of rotatable bonds is 4. The molecule has 4 rings (SSSR count). The number of fused-ring (bicyclic) bond motifs is 1. The fourth-order valence-corrected chi connectivity index (χ4v) is 4.30. The summed E-state index contributed by atoms with van der Waals surface area (Å²) in [6, 6.07) is 8.49. The molecule has 1 aliphatic rings. The van der Waals surface area contributed by atoms with Crippen LogP contribution in [0.3, 0.4) is 0 Å². The molecule has 1 atom stereocenters. The predicted octanol–water partition coefficient (Wildman–Crippen LogP) is 4.89. The Morgan fingerprint density at radius 3 is 2.67 bits per heavy atom. The van der Waals surface area contributed by atoms with Gasteiger partial charge in [-0.2, -0.15) is 0 Å². The second-order valence-corrected chi connectivity index (χ2v) is 7.53. The van der Waals surface area contributed by atoms with Crippen molar-refractivity contribution in [1.82, 2.24) is 14.7 Å². The number of aromatic nitrogens is 3. The van der Waals surface area contributed by atoms with Gasteiger partial charge >= 0.3 is 0 Å². The SMILES string of the molecule is Cc1noc(C)c1C(C)C(=O)Nc1nc2ccccc2n1C1CCCCC1. The zero-order valence-corrected chi connectivity index (χ0v) is 16.2. The molecule has 1 aliphatic carbocycles. The number of para-hydroxylation sites is 2. The Kier molecular flexibility index (Phi) is 4.72. The highest BCUT2D eigenvalue weighted by Gasteiger charge is 2.26. The molecule has 0 spiro atoms. The van der Waals surface area contributed by atoms with Gasteiger partial charge in [-0.15, -0.1) is 0 Å². The van der Waals surface area contributed by atoms with Crippen LogP contribution in [0.2, 0.25) is 0 Å². The molecule has 1 aromatic carbocycles. The van der Waals surface area contributed by atoms with Crippen molar-refractivity contribution in [3.8, 4) is 0 Å². The Labute approximate surface area is 158 Å². The summed E-state index contributed by atoms with van der Waals surface area (Å²) in [7, 11) is 0. The summed E-state index contributed by atoms with van der Waals surface area (Å²) in [6.45, 7) is 5.60. The van der Waals surface area contributed by atoms with Crippen molar-refractivity contribution < 1.29 is 9.32 Å². The molecule has 0 bridgehead atoms. The van der Waals surface area contributed by atoms with Gasteiger partial charge in [0.15, 0.2) is 0 Å². The van der Waals surface area contributed by atoms with E-state index < -0.39 is 0 Å².